The topological polar surface area (TPSA) is 69.9 Å². The summed E-state index contributed by atoms with van der Waals surface area (Å²) in [4.78, 5) is 31.8. The van der Waals surface area contributed by atoms with Crippen molar-refractivity contribution in [1.82, 2.24) is 4.57 Å². The first kappa shape index (κ1) is 27.8. The van der Waals surface area contributed by atoms with E-state index in [1.165, 1.54) is 35.1 Å². The van der Waals surface area contributed by atoms with E-state index < -0.39 is 12.0 Å². The molecule has 0 spiro atoms. The van der Waals surface area contributed by atoms with Crippen molar-refractivity contribution in [2.45, 2.75) is 26.0 Å². The Labute approximate surface area is 243 Å². The van der Waals surface area contributed by atoms with Gasteiger partial charge in [0.2, 0.25) is 0 Å². The SMILES string of the molecule is CCC1=C(C(=O)OC)[C@H](c2ccccc2)n2c(s/c(=C\c3cc(Cl)c(OCc4ccc(F)cc4)c(Cl)c3)c2=O)=N1. The maximum absolute atomic E-state index is 13.8. The number of hydrogen-bond acceptors (Lipinski definition) is 6. The third-order valence-corrected chi connectivity index (χ3v) is 7.92. The van der Waals surface area contributed by atoms with Crippen molar-refractivity contribution in [2.24, 2.45) is 4.99 Å². The van der Waals surface area contributed by atoms with E-state index in [0.29, 0.717) is 32.6 Å². The summed E-state index contributed by atoms with van der Waals surface area (Å²) in [5.74, 6) is -0.582. The van der Waals surface area contributed by atoms with E-state index in [1.807, 2.05) is 37.3 Å². The Kier molecular flexibility index (Phi) is 8.21. The summed E-state index contributed by atoms with van der Waals surface area (Å²) in [7, 11) is 1.32. The highest BCUT2D eigenvalue weighted by molar-refractivity contribution is 7.07. The molecule has 6 nitrogen and oxygen atoms in total. The number of hydrogen-bond donors (Lipinski definition) is 0. The van der Waals surface area contributed by atoms with Crippen molar-refractivity contribution in [3.05, 3.63) is 130 Å². The van der Waals surface area contributed by atoms with Crippen LogP contribution in [-0.4, -0.2) is 17.6 Å². The quantitative estimate of drug-likeness (QED) is 0.252. The zero-order valence-electron chi connectivity index (χ0n) is 21.5. The maximum atomic E-state index is 13.8. The Bertz CT molecular complexity index is 1780. The van der Waals surface area contributed by atoms with Crippen LogP contribution in [0, 0.1) is 5.82 Å². The predicted octanol–water partition coefficient (Wildman–Crippen LogP) is 5.82. The molecule has 3 aromatic carbocycles. The Morgan fingerprint density at radius 1 is 1.10 bits per heavy atom. The first-order valence-electron chi connectivity index (χ1n) is 12.3. The number of fused-ring (bicyclic) bond motifs is 1. The number of aromatic nitrogens is 1. The van der Waals surface area contributed by atoms with Crippen LogP contribution in [0.25, 0.3) is 6.08 Å². The number of ether oxygens (including phenoxy) is 2. The zero-order chi connectivity index (χ0) is 28.4. The molecule has 0 saturated heterocycles. The van der Waals surface area contributed by atoms with Crippen molar-refractivity contribution >= 4 is 46.6 Å². The van der Waals surface area contributed by atoms with Gasteiger partial charge < -0.3 is 9.47 Å². The van der Waals surface area contributed by atoms with E-state index in [4.69, 9.17) is 32.7 Å². The minimum Gasteiger partial charge on any atom is -0.486 e. The molecule has 1 aliphatic heterocycles. The van der Waals surface area contributed by atoms with Gasteiger partial charge in [0.15, 0.2) is 10.6 Å². The molecule has 0 N–H and O–H groups in total. The van der Waals surface area contributed by atoms with Crippen molar-refractivity contribution < 1.29 is 18.7 Å². The van der Waals surface area contributed by atoms with Gasteiger partial charge in [-0.15, -0.1) is 0 Å². The first-order valence-corrected chi connectivity index (χ1v) is 13.9. The van der Waals surface area contributed by atoms with Crippen LogP contribution in [0.15, 0.2) is 87.8 Å². The van der Waals surface area contributed by atoms with E-state index >= 15 is 0 Å². The van der Waals surface area contributed by atoms with Crippen molar-refractivity contribution in [3.8, 4) is 5.75 Å². The van der Waals surface area contributed by atoms with E-state index in [0.717, 1.165) is 11.1 Å². The molecule has 1 aromatic heterocycles. The first-order chi connectivity index (χ1) is 19.3. The van der Waals surface area contributed by atoms with Crippen LogP contribution < -0.4 is 19.6 Å². The number of allylic oxidation sites excluding steroid dienone is 1. The van der Waals surface area contributed by atoms with Crippen molar-refractivity contribution in [3.63, 3.8) is 0 Å². The molecule has 5 rings (SSSR count). The molecule has 40 heavy (non-hydrogen) atoms. The van der Waals surface area contributed by atoms with Crippen LogP contribution in [0.5, 0.6) is 5.75 Å². The third kappa shape index (κ3) is 5.47. The number of rotatable bonds is 7. The molecule has 2 heterocycles. The molecule has 1 aliphatic rings. The summed E-state index contributed by atoms with van der Waals surface area (Å²) in [5, 5.41) is 0.522. The minimum atomic E-state index is -0.684. The summed E-state index contributed by atoms with van der Waals surface area (Å²) >= 11 is 14.2. The fourth-order valence-electron chi connectivity index (χ4n) is 4.50. The molecule has 0 saturated carbocycles. The lowest BCUT2D eigenvalue weighted by atomic mass is 9.95. The van der Waals surface area contributed by atoms with Crippen LogP contribution in [0.4, 0.5) is 4.39 Å². The van der Waals surface area contributed by atoms with Crippen LogP contribution in [0.1, 0.15) is 36.1 Å². The zero-order valence-corrected chi connectivity index (χ0v) is 23.8. The lowest BCUT2D eigenvalue weighted by Crippen LogP contribution is -2.40. The average molecular weight is 597 g/mol. The fourth-order valence-corrected chi connectivity index (χ4v) is 6.14. The number of thiazole rings is 1. The normalized spacial score (nSPS) is 15.0. The summed E-state index contributed by atoms with van der Waals surface area (Å²) < 4.78 is 26.0. The number of benzene rings is 3. The van der Waals surface area contributed by atoms with E-state index in [2.05, 4.69) is 4.99 Å². The van der Waals surface area contributed by atoms with Crippen LogP contribution in [0.3, 0.4) is 0 Å². The van der Waals surface area contributed by atoms with Gasteiger partial charge in [-0.1, -0.05) is 83.9 Å². The predicted molar refractivity (Wildman–Crippen MR) is 154 cm³/mol. The van der Waals surface area contributed by atoms with Gasteiger partial charge in [0.05, 0.1) is 39.0 Å². The van der Waals surface area contributed by atoms with Gasteiger partial charge in [0.1, 0.15) is 12.4 Å². The molecule has 0 amide bonds. The second kappa shape index (κ2) is 11.8. The molecule has 0 unspecified atom stereocenters. The largest absolute Gasteiger partial charge is 0.486 e. The summed E-state index contributed by atoms with van der Waals surface area (Å²) in [5.41, 5.74) is 2.72. The van der Waals surface area contributed by atoms with E-state index in [-0.39, 0.29) is 33.8 Å². The van der Waals surface area contributed by atoms with E-state index in [9.17, 15) is 14.0 Å². The third-order valence-electron chi connectivity index (χ3n) is 6.38. The number of halogens is 3. The van der Waals surface area contributed by atoms with Gasteiger partial charge in [-0.3, -0.25) is 9.36 Å². The Hall–Kier alpha value is -3.72. The summed E-state index contributed by atoms with van der Waals surface area (Å²) in [6.45, 7) is 2.06. The van der Waals surface area contributed by atoms with Crippen molar-refractivity contribution in [2.75, 3.05) is 7.11 Å². The monoisotopic (exact) mass is 596 g/mol. The van der Waals surface area contributed by atoms with E-state index in [1.54, 1.807) is 30.3 Å². The highest BCUT2D eigenvalue weighted by Gasteiger charge is 2.33. The smallest absolute Gasteiger partial charge is 0.338 e. The highest BCUT2D eigenvalue weighted by atomic mass is 35.5. The summed E-state index contributed by atoms with van der Waals surface area (Å²) in [6.07, 6.45) is 2.17. The van der Waals surface area contributed by atoms with Crippen LogP contribution in [-0.2, 0) is 16.1 Å². The second-order valence-electron chi connectivity index (χ2n) is 8.93. The standard InChI is InChI=1S/C30H23Cl2FN2O4S/c1-3-23-25(29(37)38-2)26(19-7-5-4-6-8-19)35-28(36)24(40-30(35)34-23)15-18-13-21(31)27(22(32)14-18)39-16-17-9-11-20(33)12-10-17/h4-15,26H,3,16H2,1-2H3/b24-15-/t26-/m0/s1. The Balaban J connectivity index is 1.56. The number of carbonyl (C=O) groups excluding carboxylic acids is 1. The number of nitrogens with zero attached hydrogens (tertiary/aromatic N) is 2. The molecule has 204 valence electrons. The average Bonchev–Trinajstić information content (AvgIpc) is 3.26. The molecule has 10 heteroatoms. The number of esters is 1. The van der Waals surface area contributed by atoms with Crippen LogP contribution >= 0.6 is 34.5 Å². The molecule has 0 bridgehead atoms. The van der Waals surface area contributed by atoms with Gasteiger partial charge in [0, 0.05) is 0 Å². The minimum absolute atomic E-state index is 0.152. The fraction of sp³-hybridized carbons (Fsp3) is 0.167. The van der Waals surface area contributed by atoms with Gasteiger partial charge >= 0.3 is 5.97 Å². The molecule has 1 atom stereocenters. The molecular formula is C30H23Cl2FN2O4S. The van der Waals surface area contributed by atoms with Gasteiger partial charge in [-0.05, 0) is 53.5 Å². The van der Waals surface area contributed by atoms with Gasteiger partial charge in [-0.25, -0.2) is 14.2 Å². The van der Waals surface area contributed by atoms with Gasteiger partial charge in [-0.2, -0.15) is 0 Å². The maximum Gasteiger partial charge on any atom is 0.338 e. The summed E-state index contributed by atoms with van der Waals surface area (Å²) in [6, 6.07) is 17.9. The molecule has 0 radical (unpaired) electrons. The number of methoxy groups -OCH3 is 1. The Morgan fingerprint density at radius 3 is 2.40 bits per heavy atom. The van der Waals surface area contributed by atoms with Crippen molar-refractivity contribution in [1.29, 1.82) is 0 Å². The lowest BCUT2D eigenvalue weighted by Gasteiger charge is -2.25. The molecule has 0 aliphatic carbocycles. The lowest BCUT2D eigenvalue weighted by molar-refractivity contribution is -0.136. The molecular weight excluding hydrogens is 574 g/mol. The number of carbonyl (C=O) groups is 1. The van der Waals surface area contributed by atoms with Gasteiger partial charge in [0.25, 0.3) is 5.56 Å². The van der Waals surface area contributed by atoms with Crippen LogP contribution in [0.2, 0.25) is 10.0 Å². The highest BCUT2D eigenvalue weighted by Crippen LogP contribution is 2.35. The second-order valence-corrected chi connectivity index (χ2v) is 10.8. The Morgan fingerprint density at radius 2 is 1.77 bits per heavy atom. The molecule has 0 fully saturated rings. The molecule has 4 aromatic rings.